The Morgan fingerprint density at radius 3 is 2.16 bits per heavy atom. The van der Waals surface area contributed by atoms with Crippen LogP contribution < -0.4 is 10.8 Å². The van der Waals surface area contributed by atoms with Gasteiger partial charge in [0.05, 0.1) is 18.8 Å². The highest BCUT2D eigenvalue weighted by molar-refractivity contribution is 5.76. The molecule has 2 amide bonds. The van der Waals surface area contributed by atoms with Gasteiger partial charge in [-0.3, -0.25) is 19.7 Å². The Morgan fingerprint density at radius 1 is 0.884 bits per heavy atom. The van der Waals surface area contributed by atoms with E-state index in [0.29, 0.717) is 32.2 Å². The van der Waals surface area contributed by atoms with E-state index in [2.05, 4.69) is 48.5 Å². The Bertz CT molecular complexity index is 1290. The van der Waals surface area contributed by atoms with Gasteiger partial charge in [-0.25, -0.2) is 5.48 Å². The van der Waals surface area contributed by atoms with Gasteiger partial charge in [-0.1, -0.05) is 78.9 Å². The standard InChI is InChI=1S/C34H43N3O6/c1-24(27-8-4-3-5-9-27)37(2)22-30-20-31(28-16-14-26(23-38)15-17-28)43-34(42-30)29-18-12-25(13-19-29)21-35-32(39)10-6-7-11-33(40)36-41/h3-5,8-9,12-19,24,30-31,34,38,41H,6-7,10-11,20-23H2,1-2H3,(H,35,39)(H,36,40)/t24-,30-,31+,34+/m0/s1. The van der Waals surface area contributed by atoms with Gasteiger partial charge in [0.15, 0.2) is 6.29 Å². The maximum absolute atomic E-state index is 12.2. The SMILES string of the molecule is C[C@@H](c1ccccc1)N(C)C[C@@H]1C[C@H](c2ccc(CO)cc2)O[C@H](c2ccc(CNC(=O)CCCCC(=O)NO)cc2)O1. The number of nitrogens with one attached hydrogen (secondary N) is 2. The van der Waals surface area contributed by atoms with Crippen molar-refractivity contribution in [2.75, 3.05) is 13.6 Å². The molecule has 230 valence electrons. The Labute approximate surface area is 253 Å². The second-order valence-electron chi connectivity index (χ2n) is 11.1. The van der Waals surface area contributed by atoms with E-state index in [1.54, 1.807) is 5.48 Å². The van der Waals surface area contributed by atoms with Crippen LogP contribution in [0.5, 0.6) is 0 Å². The minimum Gasteiger partial charge on any atom is -0.392 e. The maximum atomic E-state index is 12.2. The fraction of sp³-hybridized carbons (Fsp3) is 0.412. The molecule has 3 aromatic carbocycles. The first-order chi connectivity index (χ1) is 20.9. The number of unbranched alkanes of at least 4 members (excludes halogenated alkanes) is 1. The van der Waals surface area contributed by atoms with E-state index in [0.717, 1.165) is 28.8 Å². The fourth-order valence-electron chi connectivity index (χ4n) is 5.21. The summed E-state index contributed by atoms with van der Waals surface area (Å²) in [7, 11) is 2.12. The molecule has 0 aliphatic carbocycles. The molecule has 1 aliphatic rings. The summed E-state index contributed by atoms with van der Waals surface area (Å²) < 4.78 is 13.0. The highest BCUT2D eigenvalue weighted by Gasteiger charge is 2.33. The molecule has 1 aliphatic heterocycles. The number of carbonyl (C=O) groups excluding carboxylic acids is 2. The van der Waals surface area contributed by atoms with E-state index in [4.69, 9.17) is 14.7 Å². The summed E-state index contributed by atoms with van der Waals surface area (Å²) in [6, 6.07) is 26.4. The number of hydrogen-bond donors (Lipinski definition) is 4. The summed E-state index contributed by atoms with van der Waals surface area (Å²) in [6.07, 6.45) is 1.52. The monoisotopic (exact) mass is 589 g/mol. The van der Waals surface area contributed by atoms with Crippen molar-refractivity contribution in [3.63, 3.8) is 0 Å². The zero-order valence-corrected chi connectivity index (χ0v) is 24.9. The number of ether oxygens (including phenoxy) is 2. The lowest BCUT2D eigenvalue weighted by Crippen LogP contribution is -2.38. The minimum atomic E-state index is -0.554. The van der Waals surface area contributed by atoms with Gasteiger partial charge in [0.25, 0.3) is 0 Å². The van der Waals surface area contributed by atoms with E-state index < -0.39 is 12.2 Å². The first-order valence-corrected chi connectivity index (χ1v) is 14.9. The predicted molar refractivity (Wildman–Crippen MR) is 163 cm³/mol. The largest absolute Gasteiger partial charge is 0.392 e. The van der Waals surface area contributed by atoms with Gasteiger partial charge in [-0.2, -0.15) is 0 Å². The summed E-state index contributed by atoms with van der Waals surface area (Å²) in [5, 5.41) is 20.9. The van der Waals surface area contributed by atoms with Gasteiger partial charge >= 0.3 is 0 Å². The van der Waals surface area contributed by atoms with Crippen molar-refractivity contribution in [3.8, 4) is 0 Å². The van der Waals surface area contributed by atoms with Crippen molar-refractivity contribution in [2.24, 2.45) is 0 Å². The van der Waals surface area contributed by atoms with E-state index in [9.17, 15) is 14.7 Å². The van der Waals surface area contributed by atoms with Crippen molar-refractivity contribution < 1.29 is 29.4 Å². The average Bonchev–Trinajstić information content (AvgIpc) is 3.05. The Morgan fingerprint density at radius 2 is 1.51 bits per heavy atom. The van der Waals surface area contributed by atoms with E-state index in [-0.39, 0.29) is 37.2 Å². The van der Waals surface area contributed by atoms with Crippen LogP contribution in [0.15, 0.2) is 78.9 Å². The van der Waals surface area contributed by atoms with E-state index in [1.807, 2.05) is 54.6 Å². The smallest absolute Gasteiger partial charge is 0.243 e. The molecule has 0 unspecified atom stereocenters. The van der Waals surface area contributed by atoms with Gasteiger partial charge in [-0.05, 0) is 49.1 Å². The van der Waals surface area contributed by atoms with E-state index in [1.165, 1.54) is 5.56 Å². The second kappa shape index (κ2) is 16.3. The molecule has 9 nitrogen and oxygen atoms in total. The van der Waals surface area contributed by atoms with Crippen LogP contribution in [0.4, 0.5) is 0 Å². The molecular formula is C34H43N3O6. The normalized spacial score (nSPS) is 19.1. The summed E-state index contributed by atoms with van der Waals surface area (Å²) in [5.74, 6) is -0.531. The molecule has 1 fully saturated rings. The van der Waals surface area contributed by atoms with Crippen molar-refractivity contribution >= 4 is 11.8 Å². The zero-order chi connectivity index (χ0) is 30.6. The number of aliphatic hydroxyl groups is 1. The number of hydroxylamine groups is 1. The zero-order valence-electron chi connectivity index (χ0n) is 24.9. The Balaban J connectivity index is 1.39. The summed E-state index contributed by atoms with van der Waals surface area (Å²) in [5.41, 5.74) is 6.61. The number of carbonyl (C=O) groups is 2. The molecule has 0 spiro atoms. The molecule has 1 saturated heterocycles. The molecule has 3 aromatic rings. The van der Waals surface area contributed by atoms with Gasteiger partial charge in [-0.15, -0.1) is 0 Å². The Kier molecular flexibility index (Phi) is 12.3. The average molecular weight is 590 g/mol. The van der Waals surface area contributed by atoms with Crippen molar-refractivity contribution in [3.05, 3.63) is 107 Å². The molecule has 1 heterocycles. The minimum absolute atomic E-state index is 0.00150. The number of amides is 2. The van der Waals surface area contributed by atoms with Crippen LogP contribution in [0.2, 0.25) is 0 Å². The number of nitrogens with zero attached hydrogens (tertiary/aromatic N) is 1. The van der Waals surface area contributed by atoms with Crippen molar-refractivity contribution in [1.82, 2.24) is 15.7 Å². The van der Waals surface area contributed by atoms with Gasteiger partial charge in [0.1, 0.15) is 0 Å². The van der Waals surface area contributed by atoms with Crippen LogP contribution in [0.1, 0.15) is 85.3 Å². The lowest BCUT2D eigenvalue weighted by atomic mass is 9.99. The molecule has 0 saturated carbocycles. The topological polar surface area (TPSA) is 120 Å². The van der Waals surface area contributed by atoms with Crippen LogP contribution >= 0.6 is 0 Å². The molecule has 4 rings (SSSR count). The molecule has 4 N–H and O–H groups in total. The lowest BCUT2D eigenvalue weighted by molar-refractivity contribution is -0.253. The van der Waals surface area contributed by atoms with Crippen molar-refractivity contribution in [2.45, 2.75) is 76.7 Å². The van der Waals surface area contributed by atoms with Crippen LogP contribution in [-0.2, 0) is 32.2 Å². The molecule has 9 heteroatoms. The summed E-state index contributed by atoms with van der Waals surface area (Å²) in [4.78, 5) is 25.6. The van der Waals surface area contributed by atoms with Crippen LogP contribution in [0.3, 0.4) is 0 Å². The molecule has 0 bridgehead atoms. The lowest BCUT2D eigenvalue weighted by Gasteiger charge is -2.39. The summed E-state index contributed by atoms with van der Waals surface area (Å²) >= 11 is 0. The molecule has 43 heavy (non-hydrogen) atoms. The highest BCUT2D eigenvalue weighted by Crippen LogP contribution is 2.38. The fourth-order valence-corrected chi connectivity index (χ4v) is 5.21. The maximum Gasteiger partial charge on any atom is 0.243 e. The van der Waals surface area contributed by atoms with Crippen molar-refractivity contribution in [1.29, 1.82) is 0 Å². The number of likely N-dealkylation sites (N-methyl/N-ethyl adjacent to an activating group) is 1. The number of aliphatic hydroxyl groups excluding tert-OH is 1. The quantitative estimate of drug-likeness (QED) is 0.117. The second-order valence-corrected chi connectivity index (χ2v) is 11.1. The number of benzene rings is 3. The third-order valence-electron chi connectivity index (χ3n) is 7.97. The summed E-state index contributed by atoms with van der Waals surface area (Å²) in [6.45, 7) is 3.33. The number of hydrogen-bond acceptors (Lipinski definition) is 7. The highest BCUT2D eigenvalue weighted by atomic mass is 16.7. The third-order valence-corrected chi connectivity index (χ3v) is 7.97. The first kappa shape index (κ1) is 32.3. The number of rotatable bonds is 14. The van der Waals surface area contributed by atoms with Gasteiger partial charge < -0.3 is 19.9 Å². The van der Waals surface area contributed by atoms with Crippen LogP contribution in [0.25, 0.3) is 0 Å². The van der Waals surface area contributed by atoms with Crippen LogP contribution in [0, 0.1) is 0 Å². The Hall–Kier alpha value is -3.60. The molecule has 0 radical (unpaired) electrons. The van der Waals surface area contributed by atoms with Gasteiger partial charge in [0, 0.05) is 44.0 Å². The molecular weight excluding hydrogens is 546 g/mol. The van der Waals surface area contributed by atoms with Gasteiger partial charge in [0.2, 0.25) is 11.8 Å². The molecule has 0 aromatic heterocycles. The third kappa shape index (κ3) is 9.71. The first-order valence-electron chi connectivity index (χ1n) is 14.9. The molecule has 4 atom stereocenters. The van der Waals surface area contributed by atoms with E-state index >= 15 is 0 Å². The predicted octanol–water partition coefficient (Wildman–Crippen LogP) is 5.10. The van der Waals surface area contributed by atoms with Crippen LogP contribution in [-0.4, -0.2) is 46.7 Å².